The molecule has 1 atom stereocenters. The summed E-state index contributed by atoms with van der Waals surface area (Å²) in [5, 5.41) is 7.56. The largest absolute Gasteiger partial charge is 0.377 e. The summed E-state index contributed by atoms with van der Waals surface area (Å²) >= 11 is 6.09. The van der Waals surface area contributed by atoms with Gasteiger partial charge in [-0.05, 0) is 25.7 Å². The zero-order valence-electron chi connectivity index (χ0n) is 11.7. The molecule has 0 bridgehead atoms. The lowest BCUT2D eigenvalue weighted by Gasteiger charge is -2.29. The van der Waals surface area contributed by atoms with Gasteiger partial charge in [0.25, 0.3) is 5.56 Å². The van der Waals surface area contributed by atoms with Crippen LogP contribution in [0.1, 0.15) is 39.0 Å². The molecule has 1 aliphatic carbocycles. The van der Waals surface area contributed by atoms with Crippen molar-refractivity contribution in [1.29, 1.82) is 0 Å². The molecular weight excluding hydrogens is 274 g/mol. The molecule has 1 aromatic heterocycles. The van der Waals surface area contributed by atoms with Crippen molar-refractivity contribution >= 4 is 17.3 Å². The van der Waals surface area contributed by atoms with Crippen LogP contribution in [0.15, 0.2) is 11.0 Å². The van der Waals surface area contributed by atoms with Crippen molar-refractivity contribution in [3.05, 3.63) is 21.6 Å². The van der Waals surface area contributed by atoms with E-state index in [0.717, 1.165) is 0 Å². The van der Waals surface area contributed by atoms with Crippen LogP contribution in [0.4, 0.5) is 5.69 Å². The molecule has 0 spiro atoms. The van der Waals surface area contributed by atoms with E-state index in [9.17, 15) is 4.79 Å². The number of halogens is 1. The Morgan fingerprint density at radius 1 is 1.55 bits per heavy atom. The SMILES string of the molecule is C#CCn1ncc(Cl)c(NC(C)C2CCCCC2)c1=O. The van der Waals surface area contributed by atoms with Gasteiger partial charge in [-0.15, -0.1) is 6.42 Å². The number of aromatic nitrogens is 2. The van der Waals surface area contributed by atoms with E-state index in [-0.39, 0.29) is 18.1 Å². The molecule has 2 rings (SSSR count). The molecule has 0 radical (unpaired) electrons. The smallest absolute Gasteiger partial charge is 0.292 e. The van der Waals surface area contributed by atoms with Gasteiger partial charge in [-0.2, -0.15) is 5.10 Å². The molecule has 4 nitrogen and oxygen atoms in total. The second kappa shape index (κ2) is 6.81. The summed E-state index contributed by atoms with van der Waals surface area (Å²) in [6.07, 6.45) is 13.0. The van der Waals surface area contributed by atoms with Gasteiger partial charge in [0.2, 0.25) is 0 Å². The van der Waals surface area contributed by atoms with Crippen LogP contribution in [0.2, 0.25) is 5.02 Å². The number of hydrogen-bond donors (Lipinski definition) is 1. The predicted molar refractivity (Wildman–Crippen MR) is 82.0 cm³/mol. The minimum atomic E-state index is -0.252. The molecule has 1 unspecified atom stereocenters. The van der Waals surface area contributed by atoms with E-state index < -0.39 is 0 Å². The van der Waals surface area contributed by atoms with E-state index in [1.807, 2.05) is 0 Å². The maximum Gasteiger partial charge on any atom is 0.292 e. The monoisotopic (exact) mass is 293 g/mol. The Morgan fingerprint density at radius 2 is 2.25 bits per heavy atom. The maximum atomic E-state index is 12.3. The summed E-state index contributed by atoms with van der Waals surface area (Å²) in [5.74, 6) is 3.01. The van der Waals surface area contributed by atoms with Crippen molar-refractivity contribution in [3.8, 4) is 12.3 Å². The van der Waals surface area contributed by atoms with Crippen LogP contribution in [0.3, 0.4) is 0 Å². The minimum Gasteiger partial charge on any atom is -0.377 e. The molecule has 1 aliphatic rings. The molecule has 20 heavy (non-hydrogen) atoms. The number of rotatable bonds is 4. The molecule has 0 aromatic carbocycles. The predicted octanol–water partition coefficient (Wildman–Crippen LogP) is 2.91. The molecule has 5 heteroatoms. The molecule has 1 aromatic rings. The van der Waals surface area contributed by atoms with E-state index >= 15 is 0 Å². The van der Waals surface area contributed by atoms with Gasteiger partial charge in [0.05, 0.1) is 11.2 Å². The quantitative estimate of drug-likeness (QED) is 0.868. The van der Waals surface area contributed by atoms with E-state index in [0.29, 0.717) is 16.6 Å². The Balaban J connectivity index is 2.17. The van der Waals surface area contributed by atoms with E-state index in [1.165, 1.54) is 43.0 Å². The van der Waals surface area contributed by atoms with Crippen LogP contribution in [-0.4, -0.2) is 15.8 Å². The highest BCUT2D eigenvalue weighted by atomic mass is 35.5. The van der Waals surface area contributed by atoms with Gasteiger partial charge in [-0.1, -0.05) is 36.8 Å². The van der Waals surface area contributed by atoms with Crippen molar-refractivity contribution in [2.75, 3.05) is 5.32 Å². The summed E-state index contributed by atoms with van der Waals surface area (Å²) in [6, 6.07) is 0.224. The van der Waals surface area contributed by atoms with Gasteiger partial charge in [0, 0.05) is 6.04 Å². The van der Waals surface area contributed by atoms with Gasteiger partial charge >= 0.3 is 0 Å². The fourth-order valence-corrected chi connectivity index (χ4v) is 2.96. The summed E-state index contributed by atoms with van der Waals surface area (Å²) < 4.78 is 1.25. The Morgan fingerprint density at radius 3 is 2.90 bits per heavy atom. The van der Waals surface area contributed by atoms with Gasteiger partial charge in [-0.3, -0.25) is 4.79 Å². The van der Waals surface area contributed by atoms with Gasteiger partial charge in [-0.25, -0.2) is 4.68 Å². The maximum absolute atomic E-state index is 12.3. The highest BCUT2D eigenvalue weighted by Crippen LogP contribution is 2.28. The number of terminal acetylenes is 1. The Kier molecular flexibility index (Phi) is 5.08. The van der Waals surface area contributed by atoms with Crippen molar-refractivity contribution < 1.29 is 0 Å². The molecule has 0 amide bonds. The standard InChI is InChI=1S/C15H20ClN3O/c1-3-9-19-15(20)14(13(16)10-17-19)18-11(2)12-7-5-4-6-8-12/h1,10-12,18H,4-9H2,2H3. The Labute approximate surface area is 124 Å². The van der Waals surface area contributed by atoms with Crippen molar-refractivity contribution in [2.45, 2.75) is 51.6 Å². The van der Waals surface area contributed by atoms with E-state index in [2.05, 4.69) is 23.3 Å². The zero-order valence-corrected chi connectivity index (χ0v) is 12.5. The van der Waals surface area contributed by atoms with E-state index in [4.69, 9.17) is 18.0 Å². The second-order valence-electron chi connectivity index (χ2n) is 5.37. The molecule has 0 aliphatic heterocycles. The van der Waals surface area contributed by atoms with Crippen LogP contribution in [0.5, 0.6) is 0 Å². The third-order valence-corrected chi connectivity index (χ3v) is 4.25. The molecule has 1 N–H and O–H groups in total. The van der Waals surface area contributed by atoms with Crippen molar-refractivity contribution in [3.63, 3.8) is 0 Å². The minimum absolute atomic E-state index is 0.155. The lowest BCUT2D eigenvalue weighted by Crippen LogP contribution is -2.33. The fraction of sp³-hybridized carbons (Fsp3) is 0.600. The molecule has 1 saturated carbocycles. The van der Waals surface area contributed by atoms with E-state index in [1.54, 1.807) is 0 Å². The van der Waals surface area contributed by atoms with Crippen molar-refractivity contribution in [1.82, 2.24) is 9.78 Å². The first-order chi connectivity index (χ1) is 9.63. The van der Waals surface area contributed by atoms with Crippen LogP contribution < -0.4 is 10.9 Å². The number of hydrogen-bond acceptors (Lipinski definition) is 3. The molecule has 0 saturated heterocycles. The van der Waals surface area contributed by atoms with Crippen LogP contribution in [-0.2, 0) is 6.54 Å². The van der Waals surface area contributed by atoms with Gasteiger partial charge in [0.1, 0.15) is 12.2 Å². The lowest BCUT2D eigenvalue weighted by molar-refractivity contribution is 0.328. The van der Waals surface area contributed by atoms with Gasteiger partial charge < -0.3 is 5.32 Å². The molecular formula is C15H20ClN3O. The fourth-order valence-electron chi connectivity index (χ4n) is 2.78. The lowest BCUT2D eigenvalue weighted by atomic mass is 9.84. The average molecular weight is 294 g/mol. The summed E-state index contributed by atoms with van der Waals surface area (Å²) in [6.45, 7) is 2.26. The zero-order chi connectivity index (χ0) is 14.5. The Hall–Kier alpha value is -1.47. The summed E-state index contributed by atoms with van der Waals surface area (Å²) in [4.78, 5) is 12.3. The van der Waals surface area contributed by atoms with Crippen LogP contribution >= 0.6 is 11.6 Å². The summed E-state index contributed by atoms with van der Waals surface area (Å²) in [7, 11) is 0. The third kappa shape index (κ3) is 3.34. The first-order valence-corrected chi connectivity index (χ1v) is 7.47. The second-order valence-corrected chi connectivity index (χ2v) is 5.77. The Bertz CT molecular complexity index is 555. The van der Waals surface area contributed by atoms with Crippen molar-refractivity contribution in [2.24, 2.45) is 5.92 Å². The van der Waals surface area contributed by atoms with Gasteiger partial charge in [0.15, 0.2) is 0 Å². The number of nitrogens with one attached hydrogen (secondary N) is 1. The number of nitrogens with zero attached hydrogens (tertiary/aromatic N) is 2. The third-order valence-electron chi connectivity index (χ3n) is 3.97. The highest BCUT2D eigenvalue weighted by molar-refractivity contribution is 6.33. The molecule has 1 fully saturated rings. The molecule has 1 heterocycles. The topological polar surface area (TPSA) is 46.9 Å². The number of anilines is 1. The first kappa shape index (κ1) is 14.9. The molecule has 108 valence electrons. The van der Waals surface area contributed by atoms with Crippen LogP contribution in [0, 0.1) is 18.3 Å². The van der Waals surface area contributed by atoms with Crippen LogP contribution in [0.25, 0.3) is 0 Å². The summed E-state index contributed by atoms with van der Waals surface area (Å²) in [5.41, 5.74) is 0.160. The normalized spacial score (nSPS) is 17.4. The highest BCUT2D eigenvalue weighted by Gasteiger charge is 2.22. The average Bonchev–Trinajstić information content (AvgIpc) is 2.47. The first-order valence-electron chi connectivity index (χ1n) is 7.09.